The molecule has 150 valence electrons. The molecule has 3 rings (SSSR count). The second-order valence-corrected chi connectivity index (χ2v) is 8.59. The summed E-state index contributed by atoms with van der Waals surface area (Å²) in [4.78, 5) is 22.2. The number of aromatic nitrogens is 2. The molecule has 1 aromatic heterocycles. The molecular weight excluding hydrogens is 380 g/mol. The molecule has 2 heterocycles. The van der Waals surface area contributed by atoms with Crippen molar-refractivity contribution >= 4 is 27.7 Å². The number of carbonyl (C=O) groups excluding carboxylic acids is 1. The molecule has 2 aromatic rings. The van der Waals surface area contributed by atoms with Gasteiger partial charge in [-0.25, -0.2) is 23.2 Å². The molecule has 9 nitrogen and oxygen atoms in total. The lowest BCUT2D eigenvalue weighted by molar-refractivity contribution is 0.252. The molecular formula is C18H24N6O3S. The van der Waals surface area contributed by atoms with Gasteiger partial charge in [-0.3, -0.25) is 0 Å². The van der Waals surface area contributed by atoms with E-state index < -0.39 is 16.1 Å². The van der Waals surface area contributed by atoms with Gasteiger partial charge in [0.2, 0.25) is 16.0 Å². The molecule has 0 saturated carbocycles. The van der Waals surface area contributed by atoms with E-state index in [0.29, 0.717) is 37.8 Å². The molecule has 0 atom stereocenters. The standard InChI is InChI=1S/C18H24N6O3S/c1-15-3-5-16(6-4-15)22-18(25)21-9-14-28(26,27)24-12-10-23(11-13-24)17-19-7-2-8-20-17/h2-8H,9-14H2,1H3,(H2,21,22,25). The first-order valence-electron chi connectivity index (χ1n) is 9.05. The molecule has 2 amide bonds. The van der Waals surface area contributed by atoms with Gasteiger partial charge in [-0.2, -0.15) is 4.31 Å². The number of amides is 2. The number of hydrogen-bond acceptors (Lipinski definition) is 6. The van der Waals surface area contributed by atoms with Crippen LogP contribution in [-0.4, -0.2) is 67.2 Å². The molecule has 0 aliphatic carbocycles. The third-order valence-corrected chi connectivity index (χ3v) is 6.29. The van der Waals surface area contributed by atoms with Crippen molar-refractivity contribution < 1.29 is 13.2 Å². The van der Waals surface area contributed by atoms with Crippen molar-refractivity contribution in [2.24, 2.45) is 0 Å². The van der Waals surface area contributed by atoms with Crippen molar-refractivity contribution in [3.8, 4) is 0 Å². The van der Waals surface area contributed by atoms with Crippen LogP contribution in [0, 0.1) is 6.92 Å². The summed E-state index contributed by atoms with van der Waals surface area (Å²) in [5.74, 6) is 0.463. The normalized spacial score (nSPS) is 15.2. The average molecular weight is 404 g/mol. The van der Waals surface area contributed by atoms with Gasteiger partial charge in [-0.05, 0) is 25.1 Å². The third kappa shape index (κ3) is 5.40. The van der Waals surface area contributed by atoms with Crippen molar-refractivity contribution in [1.82, 2.24) is 19.6 Å². The van der Waals surface area contributed by atoms with Gasteiger partial charge < -0.3 is 15.5 Å². The quantitative estimate of drug-likeness (QED) is 0.745. The van der Waals surface area contributed by atoms with Crippen LogP contribution in [0.1, 0.15) is 5.56 Å². The number of urea groups is 1. The number of aryl methyl sites for hydroxylation is 1. The van der Waals surface area contributed by atoms with E-state index in [9.17, 15) is 13.2 Å². The highest BCUT2D eigenvalue weighted by molar-refractivity contribution is 7.89. The minimum Gasteiger partial charge on any atom is -0.338 e. The lowest BCUT2D eigenvalue weighted by Crippen LogP contribution is -2.50. The summed E-state index contributed by atoms with van der Waals surface area (Å²) in [5.41, 5.74) is 1.75. The predicted octanol–water partition coefficient (Wildman–Crippen LogP) is 1.06. The minimum atomic E-state index is -3.44. The number of nitrogens with zero attached hydrogens (tertiary/aromatic N) is 4. The van der Waals surface area contributed by atoms with Crippen LogP contribution >= 0.6 is 0 Å². The molecule has 2 N–H and O–H groups in total. The lowest BCUT2D eigenvalue weighted by atomic mass is 10.2. The average Bonchev–Trinajstić information content (AvgIpc) is 2.70. The second-order valence-electron chi connectivity index (χ2n) is 6.50. The van der Waals surface area contributed by atoms with E-state index in [2.05, 4.69) is 20.6 Å². The fourth-order valence-electron chi connectivity index (χ4n) is 2.86. The number of benzene rings is 1. The topological polar surface area (TPSA) is 108 Å². The van der Waals surface area contributed by atoms with E-state index in [1.807, 2.05) is 24.0 Å². The third-order valence-electron chi connectivity index (χ3n) is 4.42. The predicted molar refractivity (Wildman–Crippen MR) is 108 cm³/mol. The van der Waals surface area contributed by atoms with E-state index in [4.69, 9.17) is 0 Å². The van der Waals surface area contributed by atoms with Crippen LogP contribution < -0.4 is 15.5 Å². The Morgan fingerprint density at radius 3 is 2.36 bits per heavy atom. The van der Waals surface area contributed by atoms with E-state index in [1.54, 1.807) is 30.6 Å². The van der Waals surface area contributed by atoms with Crippen molar-refractivity contribution in [3.05, 3.63) is 48.3 Å². The molecule has 1 saturated heterocycles. The highest BCUT2D eigenvalue weighted by Crippen LogP contribution is 2.13. The van der Waals surface area contributed by atoms with E-state index in [-0.39, 0.29) is 12.3 Å². The van der Waals surface area contributed by atoms with Gasteiger partial charge in [-0.15, -0.1) is 0 Å². The molecule has 0 spiro atoms. The summed E-state index contributed by atoms with van der Waals surface area (Å²) >= 11 is 0. The lowest BCUT2D eigenvalue weighted by Gasteiger charge is -2.33. The van der Waals surface area contributed by atoms with Gasteiger partial charge >= 0.3 is 6.03 Å². The highest BCUT2D eigenvalue weighted by atomic mass is 32.2. The Labute approximate surface area is 164 Å². The van der Waals surface area contributed by atoms with E-state index in [1.165, 1.54) is 4.31 Å². The SMILES string of the molecule is Cc1ccc(NC(=O)NCCS(=O)(=O)N2CCN(c3ncccn3)CC2)cc1. The molecule has 1 fully saturated rings. The molecule has 0 radical (unpaired) electrons. The van der Waals surface area contributed by atoms with Crippen molar-refractivity contribution in [2.75, 3.05) is 48.7 Å². The summed E-state index contributed by atoms with van der Waals surface area (Å²) in [7, 11) is -3.44. The molecule has 28 heavy (non-hydrogen) atoms. The van der Waals surface area contributed by atoms with Crippen molar-refractivity contribution in [3.63, 3.8) is 0 Å². The smallest absolute Gasteiger partial charge is 0.319 e. The summed E-state index contributed by atoms with van der Waals surface area (Å²) in [6.45, 7) is 3.81. The Kier molecular flexibility index (Phi) is 6.42. The number of piperazine rings is 1. The zero-order valence-electron chi connectivity index (χ0n) is 15.7. The van der Waals surface area contributed by atoms with Crippen LogP contribution in [0.3, 0.4) is 0 Å². The number of rotatable bonds is 6. The maximum Gasteiger partial charge on any atom is 0.319 e. The minimum absolute atomic E-state index is 0.0437. The largest absolute Gasteiger partial charge is 0.338 e. The number of sulfonamides is 1. The fourth-order valence-corrected chi connectivity index (χ4v) is 4.19. The van der Waals surface area contributed by atoms with Crippen LogP contribution in [0.5, 0.6) is 0 Å². The summed E-state index contributed by atoms with van der Waals surface area (Å²) in [6.07, 6.45) is 3.33. The first-order valence-corrected chi connectivity index (χ1v) is 10.7. The monoisotopic (exact) mass is 404 g/mol. The first kappa shape index (κ1) is 20.0. The molecule has 10 heteroatoms. The Bertz CT molecular complexity index is 881. The molecule has 0 unspecified atom stereocenters. The number of nitrogens with one attached hydrogen (secondary N) is 2. The van der Waals surface area contributed by atoms with Crippen LogP contribution in [-0.2, 0) is 10.0 Å². The van der Waals surface area contributed by atoms with Gasteiger partial charge in [0.1, 0.15) is 0 Å². The van der Waals surface area contributed by atoms with Gasteiger partial charge in [0.25, 0.3) is 0 Å². The maximum absolute atomic E-state index is 12.5. The summed E-state index contributed by atoms with van der Waals surface area (Å²) in [5, 5.41) is 5.27. The van der Waals surface area contributed by atoms with Crippen LogP contribution in [0.2, 0.25) is 0 Å². The Morgan fingerprint density at radius 2 is 1.71 bits per heavy atom. The summed E-state index contributed by atoms with van der Waals surface area (Å²) in [6, 6.07) is 8.68. The zero-order chi connectivity index (χ0) is 20.0. The number of anilines is 2. The maximum atomic E-state index is 12.5. The Morgan fingerprint density at radius 1 is 1.07 bits per heavy atom. The van der Waals surface area contributed by atoms with Crippen LogP contribution in [0.25, 0.3) is 0 Å². The number of carbonyl (C=O) groups is 1. The molecule has 0 bridgehead atoms. The van der Waals surface area contributed by atoms with Gasteiger partial charge in [-0.1, -0.05) is 17.7 Å². The Hall–Kier alpha value is -2.72. The van der Waals surface area contributed by atoms with E-state index in [0.717, 1.165) is 5.56 Å². The molecule has 1 aliphatic heterocycles. The van der Waals surface area contributed by atoms with Crippen molar-refractivity contribution in [1.29, 1.82) is 0 Å². The highest BCUT2D eigenvalue weighted by Gasteiger charge is 2.27. The molecule has 1 aliphatic rings. The first-order chi connectivity index (χ1) is 13.4. The fraction of sp³-hybridized carbons (Fsp3) is 0.389. The second kappa shape index (κ2) is 8.98. The number of hydrogen-bond donors (Lipinski definition) is 2. The van der Waals surface area contributed by atoms with Crippen LogP contribution in [0.4, 0.5) is 16.4 Å². The van der Waals surface area contributed by atoms with Gasteiger partial charge in [0.15, 0.2) is 0 Å². The summed E-state index contributed by atoms with van der Waals surface area (Å²) < 4.78 is 26.5. The van der Waals surface area contributed by atoms with Crippen LogP contribution in [0.15, 0.2) is 42.7 Å². The molecule has 1 aromatic carbocycles. The van der Waals surface area contributed by atoms with E-state index >= 15 is 0 Å². The van der Waals surface area contributed by atoms with Gasteiger partial charge in [0.05, 0.1) is 5.75 Å². The van der Waals surface area contributed by atoms with Crippen molar-refractivity contribution in [2.45, 2.75) is 6.92 Å². The van der Waals surface area contributed by atoms with Gasteiger partial charge in [0, 0.05) is 50.8 Å². The Balaban J connectivity index is 1.43. The zero-order valence-corrected chi connectivity index (χ0v) is 16.5.